The fourth-order valence-corrected chi connectivity index (χ4v) is 7.50. The van der Waals surface area contributed by atoms with Gasteiger partial charge in [-0.25, -0.2) is 0 Å². The number of ketones is 2. The summed E-state index contributed by atoms with van der Waals surface area (Å²) in [5, 5.41) is 14.9. The average molecular weight is 1010 g/mol. The smallest absolute Gasteiger partial charge is 0.492 e. The summed E-state index contributed by atoms with van der Waals surface area (Å²) in [7, 11) is 3.71. The molecule has 0 aliphatic rings. The summed E-state index contributed by atoms with van der Waals surface area (Å²) in [6, 6.07) is 10.5. The largest absolute Gasteiger partial charge is 2.00 e. The second-order valence-electron chi connectivity index (χ2n) is 14.3. The van der Waals surface area contributed by atoms with Crippen molar-refractivity contribution in [3.63, 3.8) is 0 Å². The molecule has 17 heteroatoms. The van der Waals surface area contributed by atoms with Crippen LogP contribution in [0.5, 0.6) is 5.75 Å². The molecular formula is C42H60N8O7SW. The number of ether oxygens (including phenoxy) is 1. The molecule has 0 bridgehead atoms. The third-order valence-electron chi connectivity index (χ3n) is 9.70. The zero-order valence-corrected chi connectivity index (χ0v) is 37.9. The molecule has 0 fully saturated rings. The number of carbonyl (C=O) groups excluding carboxylic acids is 6. The Bertz CT molecular complexity index is 1850. The fraction of sp³-hybridized carbons (Fsp3) is 0.476. The van der Waals surface area contributed by atoms with E-state index < -0.39 is 59.1 Å². The van der Waals surface area contributed by atoms with Crippen molar-refractivity contribution < 1.29 is 55.9 Å². The van der Waals surface area contributed by atoms with Crippen molar-refractivity contribution in [3.8, 4) is 5.75 Å². The van der Waals surface area contributed by atoms with Crippen LogP contribution in [0, 0.1) is 13.9 Å². The maximum absolute atomic E-state index is 14.4. The molecule has 0 unspecified atom stereocenters. The minimum atomic E-state index is -1.20. The molecule has 10 N–H and O–H groups in total. The van der Waals surface area contributed by atoms with Crippen LogP contribution < -0.4 is 42.8 Å². The van der Waals surface area contributed by atoms with E-state index >= 15 is 0 Å². The molecule has 0 radical (unpaired) electrons. The number of carbonyl (C=O) groups is 6. The molecule has 1 heterocycles. The maximum Gasteiger partial charge on any atom is 2.00 e. The van der Waals surface area contributed by atoms with Crippen LogP contribution in [0.3, 0.4) is 0 Å². The van der Waals surface area contributed by atoms with Gasteiger partial charge in [0.25, 0.3) is 0 Å². The molecular weight excluding hydrogens is 944 g/mol. The number of benzene rings is 2. The number of aromatic amines is 1. The van der Waals surface area contributed by atoms with Crippen molar-refractivity contribution in [2.75, 3.05) is 31.2 Å². The van der Waals surface area contributed by atoms with Crippen LogP contribution in [0.2, 0.25) is 0 Å². The summed E-state index contributed by atoms with van der Waals surface area (Å²) < 4.78 is 12.9. The Morgan fingerprint density at radius 1 is 0.898 bits per heavy atom. The number of hydrogen-bond donors (Lipinski definition) is 8. The number of thioether (sulfide) groups is 1. The zero-order valence-electron chi connectivity index (χ0n) is 35.1. The summed E-state index contributed by atoms with van der Waals surface area (Å²) in [5.41, 5.74) is 12.4. The molecule has 3 aromatic rings. The summed E-state index contributed by atoms with van der Waals surface area (Å²) >= 11 is 1.32. The minimum Gasteiger partial charge on any atom is -0.492 e. The number of unbranched alkanes of at least 4 members (excludes halogenated alkanes) is 1. The van der Waals surface area contributed by atoms with Crippen molar-refractivity contribution in [1.82, 2.24) is 31.6 Å². The zero-order chi connectivity index (χ0) is 43.4. The predicted octanol–water partition coefficient (Wildman–Crippen LogP) is 2.02. The number of para-hydroxylation sites is 1. The number of rotatable bonds is 28. The van der Waals surface area contributed by atoms with Gasteiger partial charge in [-0.05, 0) is 74.2 Å². The molecule has 2 aromatic carbocycles. The first-order chi connectivity index (χ1) is 28.3. The third kappa shape index (κ3) is 16.4. The van der Waals surface area contributed by atoms with Gasteiger partial charge in [0.1, 0.15) is 24.4 Å². The van der Waals surface area contributed by atoms with E-state index in [-0.39, 0.29) is 58.3 Å². The number of fused-ring (bicyclic) bond motifs is 1. The Balaban J connectivity index is 0.0000124. The number of nitrogens with one attached hydrogen (secondary N) is 6. The third-order valence-corrected chi connectivity index (χ3v) is 10.8. The summed E-state index contributed by atoms with van der Waals surface area (Å²) in [6.07, 6.45) is 3.98. The van der Waals surface area contributed by atoms with Crippen LogP contribution in [0.15, 0.2) is 54.7 Å². The van der Waals surface area contributed by atoms with E-state index in [0.717, 1.165) is 16.5 Å². The normalized spacial score (nSPS) is 14.2. The maximum atomic E-state index is 14.4. The fourth-order valence-electron chi connectivity index (χ4n) is 6.42. The van der Waals surface area contributed by atoms with Crippen molar-refractivity contribution in [1.29, 1.82) is 0 Å². The van der Waals surface area contributed by atoms with Crippen LogP contribution in [-0.2, 0) is 62.7 Å². The summed E-state index contributed by atoms with van der Waals surface area (Å²) in [4.78, 5) is 82.7. The van der Waals surface area contributed by atoms with Gasteiger partial charge in [0, 0.05) is 61.4 Å². The number of nitrogens with two attached hydrogens (primary N) is 2. The number of Topliss-reactive ketones (excluding diaryl/α,β-unsaturated/α-hetero) is 2. The Labute approximate surface area is 367 Å². The van der Waals surface area contributed by atoms with Crippen LogP contribution in [0.1, 0.15) is 65.4 Å². The Morgan fingerprint density at radius 2 is 1.58 bits per heavy atom. The quantitative estimate of drug-likeness (QED) is 0.0387. The number of hydrogen-bond acceptors (Lipinski definition) is 11. The summed E-state index contributed by atoms with van der Waals surface area (Å²) in [5.74, 6) is -1.67. The van der Waals surface area contributed by atoms with E-state index in [1.54, 1.807) is 44.3 Å². The van der Waals surface area contributed by atoms with E-state index in [0.29, 0.717) is 62.9 Å². The monoisotopic (exact) mass is 1010 g/mol. The van der Waals surface area contributed by atoms with Gasteiger partial charge in [0.15, 0.2) is 5.78 Å². The molecule has 5 atom stereocenters. The van der Waals surface area contributed by atoms with Gasteiger partial charge in [-0.15, -0.1) is 0 Å². The van der Waals surface area contributed by atoms with E-state index in [1.165, 1.54) is 18.7 Å². The summed E-state index contributed by atoms with van der Waals surface area (Å²) in [6.45, 7) is 6.46. The molecule has 0 spiro atoms. The minimum absolute atomic E-state index is 0. The Hall–Kier alpha value is -4.21. The van der Waals surface area contributed by atoms with E-state index in [2.05, 4.69) is 38.6 Å². The molecule has 0 aliphatic carbocycles. The van der Waals surface area contributed by atoms with Gasteiger partial charge in [0.2, 0.25) is 23.6 Å². The second kappa shape index (κ2) is 26.1. The SMILES string of the molecule is [3H][CH-]C(=O)[C@H](CCSC[C@H](N[CH2-])C(=O)N[C@@H](Cc1ccc(OCCN)cc1)C(=O)N[C@@H](Cc1c[nH]c2ccccc12)C(=O)N[C@@](C)(CCCCN)C(=O)CC)NC(C)=O.[W+2]. The molecule has 3 rings (SSSR count). The number of amides is 4. The van der Waals surface area contributed by atoms with Gasteiger partial charge in [-0.3, -0.25) is 31.0 Å². The van der Waals surface area contributed by atoms with E-state index in [1.807, 2.05) is 24.3 Å². The first-order valence-corrected chi connectivity index (χ1v) is 20.7. The molecule has 0 saturated carbocycles. The topological polar surface area (TPSA) is 240 Å². The van der Waals surface area contributed by atoms with E-state index in [9.17, 15) is 28.8 Å². The average Bonchev–Trinajstić information content (AvgIpc) is 3.64. The molecule has 4 amide bonds. The van der Waals surface area contributed by atoms with Gasteiger partial charge >= 0.3 is 21.1 Å². The van der Waals surface area contributed by atoms with E-state index in [4.69, 9.17) is 17.6 Å². The van der Waals surface area contributed by atoms with Crippen LogP contribution >= 0.6 is 11.8 Å². The van der Waals surface area contributed by atoms with Gasteiger partial charge < -0.3 is 59.5 Å². The van der Waals surface area contributed by atoms with Crippen molar-refractivity contribution in [2.45, 2.75) is 95.4 Å². The van der Waals surface area contributed by atoms with Crippen LogP contribution in [-0.4, -0.2) is 101 Å². The standard InChI is InChI=1S/C42H60N8O7S.W/c1-6-38(53)42(4,18-9-10-19-43)50-41(56)36(24-30-25-46-34-12-8-7-11-32(30)34)49-39(54)35(23-29-13-15-31(16-14-29)57-21-20-44)48-40(55)37(45-5)26-58-22-17-33(27(2)51)47-28(3)52;/h7-8,11-16,25,33,35-37,45-46H,2,5-6,9-10,17-24,26,43-44H2,1,3-4H3,(H,47,52)(H,48,55)(H,49,54)(H,50,56);/q-2;+2/t33-,35-,36-,37-,42-;/m0./s1/i2T;. The first-order valence-electron chi connectivity index (χ1n) is 20.1. The van der Waals surface area contributed by atoms with Crippen molar-refractivity contribution >= 4 is 57.9 Å². The molecule has 0 saturated heterocycles. The molecule has 1 aromatic heterocycles. The van der Waals surface area contributed by atoms with Gasteiger partial charge in [0.05, 0.1) is 17.6 Å². The first kappa shape index (κ1) is 49.2. The van der Waals surface area contributed by atoms with Gasteiger partial charge in [-0.1, -0.05) is 37.3 Å². The number of H-pyrrole nitrogens is 1. The van der Waals surface area contributed by atoms with Gasteiger partial charge in [-0.2, -0.15) is 13.1 Å². The number of aromatic nitrogens is 1. The van der Waals surface area contributed by atoms with Crippen LogP contribution in [0.25, 0.3) is 10.9 Å². The molecule has 15 nitrogen and oxygen atoms in total. The second-order valence-corrected chi connectivity index (χ2v) is 15.4. The predicted molar refractivity (Wildman–Crippen MR) is 228 cm³/mol. The molecule has 59 heavy (non-hydrogen) atoms. The van der Waals surface area contributed by atoms with Crippen LogP contribution in [0.4, 0.5) is 0 Å². The van der Waals surface area contributed by atoms with Crippen molar-refractivity contribution in [3.05, 3.63) is 79.8 Å². The molecule has 322 valence electrons. The molecule has 0 aliphatic heterocycles. The Kier molecular flexibility index (Phi) is 21.7. The van der Waals surface area contributed by atoms with Crippen molar-refractivity contribution in [2.24, 2.45) is 11.5 Å². The Morgan fingerprint density at radius 3 is 2.20 bits per heavy atom.